The van der Waals surface area contributed by atoms with Crippen LogP contribution in [0.1, 0.15) is 17.4 Å². The lowest BCUT2D eigenvalue weighted by atomic mass is 10.3. The SMILES string of the molecule is CCOC(=O)c1cc(N)c(Cl)c(=O)[nH]1. The highest BCUT2D eigenvalue weighted by atomic mass is 35.5. The van der Waals surface area contributed by atoms with Crippen LogP contribution in [0.3, 0.4) is 0 Å². The molecule has 0 aliphatic carbocycles. The molecule has 0 fully saturated rings. The normalized spacial score (nSPS) is 9.86. The Morgan fingerprint density at radius 1 is 1.71 bits per heavy atom. The highest BCUT2D eigenvalue weighted by molar-refractivity contribution is 6.32. The van der Waals surface area contributed by atoms with E-state index in [0.717, 1.165) is 0 Å². The van der Waals surface area contributed by atoms with Crippen LogP contribution in [0, 0.1) is 0 Å². The molecule has 1 aromatic rings. The number of nitrogens with two attached hydrogens (primary N) is 1. The Hall–Kier alpha value is -1.49. The monoisotopic (exact) mass is 216 g/mol. The molecule has 0 atom stereocenters. The Kier molecular flexibility index (Phi) is 3.14. The zero-order valence-corrected chi connectivity index (χ0v) is 8.22. The zero-order valence-electron chi connectivity index (χ0n) is 7.46. The van der Waals surface area contributed by atoms with E-state index in [1.807, 2.05) is 0 Å². The second-order valence-corrected chi connectivity index (χ2v) is 2.88. The Labute approximate surface area is 84.8 Å². The van der Waals surface area contributed by atoms with Gasteiger partial charge in [-0.1, -0.05) is 11.6 Å². The van der Waals surface area contributed by atoms with E-state index in [0.29, 0.717) is 0 Å². The minimum Gasteiger partial charge on any atom is -0.461 e. The molecule has 0 aromatic carbocycles. The van der Waals surface area contributed by atoms with E-state index in [1.54, 1.807) is 6.92 Å². The molecular weight excluding hydrogens is 208 g/mol. The van der Waals surface area contributed by atoms with Crippen molar-refractivity contribution in [3.05, 3.63) is 27.1 Å². The summed E-state index contributed by atoms with van der Waals surface area (Å²) in [6.07, 6.45) is 0. The first-order chi connectivity index (χ1) is 6.56. The summed E-state index contributed by atoms with van der Waals surface area (Å²) in [6, 6.07) is 1.27. The number of aromatic nitrogens is 1. The van der Waals surface area contributed by atoms with Crippen molar-refractivity contribution in [3.63, 3.8) is 0 Å². The summed E-state index contributed by atoms with van der Waals surface area (Å²) >= 11 is 5.51. The largest absolute Gasteiger partial charge is 0.461 e. The molecule has 0 saturated carbocycles. The molecule has 5 nitrogen and oxygen atoms in total. The predicted molar refractivity (Wildman–Crippen MR) is 52.4 cm³/mol. The van der Waals surface area contributed by atoms with Crippen molar-refractivity contribution >= 4 is 23.3 Å². The van der Waals surface area contributed by atoms with Crippen LogP contribution >= 0.6 is 11.6 Å². The number of halogens is 1. The van der Waals surface area contributed by atoms with Gasteiger partial charge in [-0.3, -0.25) is 4.79 Å². The van der Waals surface area contributed by atoms with Crippen LogP contribution in [0.5, 0.6) is 0 Å². The number of nitrogens with one attached hydrogen (secondary N) is 1. The molecule has 0 aliphatic rings. The molecule has 6 heteroatoms. The van der Waals surface area contributed by atoms with E-state index in [2.05, 4.69) is 9.72 Å². The Balaban J connectivity index is 3.13. The van der Waals surface area contributed by atoms with Gasteiger partial charge in [-0.2, -0.15) is 0 Å². The maximum absolute atomic E-state index is 11.2. The predicted octanol–water partition coefficient (Wildman–Crippen LogP) is 0.787. The molecule has 0 spiro atoms. The standard InChI is InChI=1S/C8H9ClN2O3/c1-2-14-8(13)5-3-4(10)6(9)7(12)11-5/h3H,2H2,1H3,(H3,10,11,12). The van der Waals surface area contributed by atoms with Gasteiger partial charge in [0.15, 0.2) is 0 Å². The van der Waals surface area contributed by atoms with E-state index in [1.165, 1.54) is 6.07 Å². The molecule has 3 N–H and O–H groups in total. The van der Waals surface area contributed by atoms with Crippen molar-refractivity contribution in [1.82, 2.24) is 4.98 Å². The number of hydrogen-bond acceptors (Lipinski definition) is 4. The summed E-state index contributed by atoms with van der Waals surface area (Å²) in [5, 5.41) is -0.127. The summed E-state index contributed by atoms with van der Waals surface area (Å²) in [5.41, 5.74) is 4.85. The topological polar surface area (TPSA) is 85.2 Å². The Morgan fingerprint density at radius 3 is 2.86 bits per heavy atom. The minimum atomic E-state index is -0.632. The fourth-order valence-corrected chi connectivity index (χ4v) is 0.984. The summed E-state index contributed by atoms with van der Waals surface area (Å²) in [7, 11) is 0. The van der Waals surface area contributed by atoms with Crippen molar-refractivity contribution in [3.8, 4) is 0 Å². The molecular formula is C8H9ClN2O3. The number of rotatable bonds is 2. The van der Waals surface area contributed by atoms with Gasteiger partial charge in [0.1, 0.15) is 10.7 Å². The van der Waals surface area contributed by atoms with Crippen LogP contribution in [-0.2, 0) is 4.74 Å². The molecule has 0 amide bonds. The molecule has 1 rings (SSSR count). The zero-order chi connectivity index (χ0) is 10.7. The molecule has 0 unspecified atom stereocenters. The van der Waals surface area contributed by atoms with Crippen molar-refractivity contribution in [2.45, 2.75) is 6.92 Å². The number of carbonyl (C=O) groups excluding carboxylic acids is 1. The van der Waals surface area contributed by atoms with Gasteiger partial charge in [0, 0.05) is 0 Å². The molecule has 0 bridgehead atoms. The van der Waals surface area contributed by atoms with Crippen LogP contribution in [0.4, 0.5) is 5.69 Å². The number of anilines is 1. The average Bonchev–Trinajstić information content (AvgIpc) is 2.13. The van der Waals surface area contributed by atoms with Gasteiger partial charge in [0.05, 0.1) is 12.3 Å². The average molecular weight is 217 g/mol. The van der Waals surface area contributed by atoms with Gasteiger partial charge < -0.3 is 15.5 Å². The van der Waals surface area contributed by atoms with E-state index in [-0.39, 0.29) is 23.0 Å². The first kappa shape index (κ1) is 10.6. The lowest BCUT2D eigenvalue weighted by Gasteiger charge is -2.03. The summed E-state index contributed by atoms with van der Waals surface area (Å²) < 4.78 is 4.67. The second-order valence-electron chi connectivity index (χ2n) is 2.50. The van der Waals surface area contributed by atoms with Gasteiger partial charge in [0.2, 0.25) is 0 Å². The molecule has 1 heterocycles. The van der Waals surface area contributed by atoms with Crippen molar-refractivity contribution in [1.29, 1.82) is 0 Å². The number of aromatic amines is 1. The first-order valence-electron chi connectivity index (χ1n) is 3.91. The number of H-pyrrole nitrogens is 1. The second kappa shape index (κ2) is 4.15. The third kappa shape index (κ3) is 2.05. The number of carbonyl (C=O) groups is 1. The molecule has 0 saturated heterocycles. The summed E-state index contributed by atoms with van der Waals surface area (Å²) in [6.45, 7) is 1.89. The third-order valence-corrected chi connectivity index (χ3v) is 1.89. The fourth-order valence-electron chi connectivity index (χ4n) is 0.882. The lowest BCUT2D eigenvalue weighted by Crippen LogP contribution is -2.16. The highest BCUT2D eigenvalue weighted by Crippen LogP contribution is 2.13. The first-order valence-corrected chi connectivity index (χ1v) is 4.29. The maximum Gasteiger partial charge on any atom is 0.354 e. The van der Waals surface area contributed by atoms with Crippen LogP contribution in [-0.4, -0.2) is 17.6 Å². The lowest BCUT2D eigenvalue weighted by molar-refractivity contribution is 0.0519. The van der Waals surface area contributed by atoms with Gasteiger partial charge in [0.25, 0.3) is 5.56 Å². The molecule has 0 radical (unpaired) electrons. The number of pyridine rings is 1. The van der Waals surface area contributed by atoms with E-state index < -0.39 is 11.5 Å². The van der Waals surface area contributed by atoms with Crippen LogP contribution in [0.2, 0.25) is 5.02 Å². The summed E-state index contributed by atoms with van der Waals surface area (Å²) in [4.78, 5) is 24.5. The quantitative estimate of drug-likeness (QED) is 0.716. The van der Waals surface area contributed by atoms with Gasteiger partial charge in [-0.25, -0.2) is 4.79 Å². The Bertz CT molecular complexity index is 414. The fraction of sp³-hybridized carbons (Fsp3) is 0.250. The van der Waals surface area contributed by atoms with Gasteiger partial charge >= 0.3 is 5.97 Å². The van der Waals surface area contributed by atoms with E-state index >= 15 is 0 Å². The summed E-state index contributed by atoms with van der Waals surface area (Å²) in [5.74, 6) is -0.632. The van der Waals surface area contributed by atoms with E-state index in [4.69, 9.17) is 17.3 Å². The number of hydrogen-bond donors (Lipinski definition) is 2. The van der Waals surface area contributed by atoms with Crippen LogP contribution in [0.15, 0.2) is 10.9 Å². The highest BCUT2D eigenvalue weighted by Gasteiger charge is 2.11. The van der Waals surface area contributed by atoms with Crippen molar-refractivity contribution < 1.29 is 9.53 Å². The van der Waals surface area contributed by atoms with E-state index in [9.17, 15) is 9.59 Å². The molecule has 0 aliphatic heterocycles. The maximum atomic E-state index is 11.2. The van der Waals surface area contributed by atoms with Crippen molar-refractivity contribution in [2.24, 2.45) is 0 Å². The van der Waals surface area contributed by atoms with Crippen LogP contribution in [0.25, 0.3) is 0 Å². The minimum absolute atomic E-state index is 0.00116. The van der Waals surface area contributed by atoms with Gasteiger partial charge in [-0.05, 0) is 13.0 Å². The number of ether oxygens (including phenoxy) is 1. The van der Waals surface area contributed by atoms with Crippen molar-refractivity contribution in [2.75, 3.05) is 12.3 Å². The molecule has 76 valence electrons. The smallest absolute Gasteiger partial charge is 0.354 e. The third-order valence-electron chi connectivity index (χ3n) is 1.50. The number of nitrogen functional groups attached to an aromatic ring is 1. The molecule has 14 heavy (non-hydrogen) atoms. The van der Waals surface area contributed by atoms with Gasteiger partial charge in [-0.15, -0.1) is 0 Å². The number of esters is 1. The molecule has 1 aromatic heterocycles. The Morgan fingerprint density at radius 2 is 2.36 bits per heavy atom. The van der Waals surface area contributed by atoms with Crippen LogP contribution < -0.4 is 11.3 Å².